The number of amides is 1. The van der Waals surface area contributed by atoms with Gasteiger partial charge in [0.15, 0.2) is 5.82 Å². The Labute approximate surface area is 257 Å². The van der Waals surface area contributed by atoms with Gasteiger partial charge in [-0.05, 0) is 67.3 Å². The Morgan fingerprint density at radius 1 is 1.04 bits per heavy atom. The van der Waals surface area contributed by atoms with Crippen LogP contribution in [0, 0.1) is 5.82 Å². The average Bonchev–Trinajstić information content (AvgIpc) is 3.63. The number of ether oxygens (including phenoxy) is 1. The van der Waals surface area contributed by atoms with Crippen LogP contribution in [0.2, 0.25) is 0 Å². The van der Waals surface area contributed by atoms with Gasteiger partial charge in [0.05, 0.1) is 29.8 Å². The number of aromatic nitrogens is 6. The summed E-state index contributed by atoms with van der Waals surface area (Å²) in [7, 11) is 0. The van der Waals surface area contributed by atoms with Crippen molar-refractivity contribution in [3.8, 4) is 34.2 Å². The molecule has 0 radical (unpaired) electrons. The summed E-state index contributed by atoms with van der Waals surface area (Å²) < 4.78 is 28.8. The molecule has 1 saturated carbocycles. The fourth-order valence-corrected chi connectivity index (χ4v) is 5.44. The molecule has 0 bridgehead atoms. The molecular formula is C33H30FN7O4. The Bertz CT molecular complexity index is 1920. The first kappa shape index (κ1) is 28.5. The van der Waals surface area contributed by atoms with Crippen LogP contribution in [-0.4, -0.2) is 53.3 Å². The minimum atomic E-state index is -0.620. The van der Waals surface area contributed by atoms with Crippen LogP contribution < -0.4 is 10.3 Å². The molecule has 12 heteroatoms. The van der Waals surface area contributed by atoms with Crippen LogP contribution in [0.1, 0.15) is 62.0 Å². The molecule has 2 aromatic carbocycles. The van der Waals surface area contributed by atoms with Gasteiger partial charge in [-0.25, -0.2) is 9.37 Å². The highest BCUT2D eigenvalue weighted by Gasteiger charge is 2.41. The van der Waals surface area contributed by atoms with E-state index in [1.54, 1.807) is 12.1 Å². The topological polar surface area (TPSA) is 129 Å². The highest BCUT2D eigenvalue weighted by Crippen LogP contribution is 2.38. The molecule has 1 amide bonds. The largest absolute Gasteiger partial charge is 0.457 e. The van der Waals surface area contributed by atoms with Gasteiger partial charge < -0.3 is 14.2 Å². The third-order valence-corrected chi connectivity index (χ3v) is 8.12. The quantitative estimate of drug-likeness (QED) is 0.218. The second-order valence-corrected chi connectivity index (χ2v) is 11.7. The summed E-state index contributed by atoms with van der Waals surface area (Å²) in [5.74, 6) is 0.661. The van der Waals surface area contributed by atoms with Crippen LogP contribution in [0.5, 0.6) is 11.5 Å². The van der Waals surface area contributed by atoms with Crippen LogP contribution in [-0.2, 0) is 11.3 Å². The van der Waals surface area contributed by atoms with Crippen molar-refractivity contribution in [1.29, 1.82) is 0 Å². The van der Waals surface area contributed by atoms with E-state index in [1.807, 2.05) is 29.2 Å². The van der Waals surface area contributed by atoms with Gasteiger partial charge in [0.25, 0.3) is 11.4 Å². The highest BCUT2D eigenvalue weighted by molar-refractivity contribution is 5.80. The van der Waals surface area contributed by atoms with Crippen molar-refractivity contribution in [1.82, 2.24) is 34.8 Å². The maximum Gasteiger partial charge on any atom is 0.261 e. The zero-order valence-corrected chi connectivity index (χ0v) is 24.8. The molecule has 228 valence electrons. The van der Waals surface area contributed by atoms with E-state index in [4.69, 9.17) is 9.26 Å². The monoisotopic (exact) mass is 607 g/mol. The molecule has 0 N–H and O–H groups in total. The van der Waals surface area contributed by atoms with E-state index in [1.165, 1.54) is 35.3 Å². The third kappa shape index (κ3) is 5.95. The lowest BCUT2D eigenvalue weighted by molar-refractivity contribution is -0.128. The van der Waals surface area contributed by atoms with E-state index >= 15 is 4.39 Å². The van der Waals surface area contributed by atoms with Crippen LogP contribution in [0.3, 0.4) is 0 Å². The Kier molecular flexibility index (Phi) is 7.40. The average molecular weight is 608 g/mol. The molecule has 3 aromatic heterocycles. The SMILES string of the molecule is CC(C)c1ccc(-c2ccc(Oc3cc(-c4nc(C5CC(=O)N(C6CC6)C5)no4)c(F)cc3Cn3cnccc3=O)cc2)nn1. The van der Waals surface area contributed by atoms with Gasteiger partial charge >= 0.3 is 0 Å². The first-order valence-electron chi connectivity index (χ1n) is 14.9. The normalized spacial score (nSPS) is 16.5. The molecule has 1 aliphatic carbocycles. The second-order valence-electron chi connectivity index (χ2n) is 11.7. The van der Waals surface area contributed by atoms with E-state index < -0.39 is 5.82 Å². The minimum Gasteiger partial charge on any atom is -0.457 e. The minimum absolute atomic E-state index is 0.0192. The number of hydrogen-bond donors (Lipinski definition) is 0. The Morgan fingerprint density at radius 3 is 2.58 bits per heavy atom. The van der Waals surface area contributed by atoms with Crippen molar-refractivity contribution < 1.29 is 18.4 Å². The Morgan fingerprint density at radius 2 is 1.87 bits per heavy atom. The van der Waals surface area contributed by atoms with Crippen LogP contribution in [0.15, 0.2) is 76.4 Å². The standard InChI is InChI=1S/C33H30FN7O4/c1-19(2)27-9-10-28(38-37-27)20-3-7-24(8-4-20)44-29-15-25(26(34)13-21(29)16-40-18-35-12-11-30(40)42)33-36-32(39-45-33)22-14-31(43)41(17-22)23-5-6-23/h3-4,7-13,15,18-19,22-23H,5-6,14,16-17H2,1-2H3. The molecule has 1 atom stereocenters. The highest BCUT2D eigenvalue weighted by atomic mass is 19.1. The van der Waals surface area contributed by atoms with Gasteiger partial charge in [-0.1, -0.05) is 19.0 Å². The summed E-state index contributed by atoms with van der Waals surface area (Å²) in [6.45, 7) is 4.67. The number of hydrogen-bond acceptors (Lipinski definition) is 9. The van der Waals surface area contributed by atoms with E-state index in [-0.39, 0.29) is 41.3 Å². The zero-order chi connectivity index (χ0) is 31.1. The first-order valence-corrected chi connectivity index (χ1v) is 14.9. The second kappa shape index (κ2) is 11.7. The molecular weight excluding hydrogens is 577 g/mol. The summed E-state index contributed by atoms with van der Waals surface area (Å²) in [6, 6.07) is 15.6. The number of nitrogens with zero attached hydrogens (tertiary/aromatic N) is 7. The molecule has 4 heterocycles. The number of halogens is 1. The number of benzene rings is 2. The maximum atomic E-state index is 15.6. The summed E-state index contributed by atoms with van der Waals surface area (Å²) in [5.41, 5.74) is 2.66. The summed E-state index contributed by atoms with van der Waals surface area (Å²) in [4.78, 5) is 35.3. The van der Waals surface area contributed by atoms with Crippen molar-refractivity contribution >= 4 is 5.91 Å². The maximum absolute atomic E-state index is 15.6. The zero-order valence-electron chi connectivity index (χ0n) is 24.8. The summed E-state index contributed by atoms with van der Waals surface area (Å²) in [5, 5.41) is 12.7. The van der Waals surface area contributed by atoms with E-state index in [0.717, 1.165) is 29.8 Å². The summed E-state index contributed by atoms with van der Waals surface area (Å²) >= 11 is 0. The van der Waals surface area contributed by atoms with Gasteiger partial charge in [-0.2, -0.15) is 15.2 Å². The van der Waals surface area contributed by atoms with E-state index in [9.17, 15) is 9.59 Å². The molecule has 1 aliphatic heterocycles. The molecule has 1 unspecified atom stereocenters. The molecule has 1 saturated heterocycles. The fraction of sp³-hybridized carbons (Fsp3) is 0.303. The number of carbonyl (C=O) groups excluding carboxylic acids is 1. The number of carbonyl (C=O) groups is 1. The Hall–Kier alpha value is -5.26. The molecule has 45 heavy (non-hydrogen) atoms. The lowest BCUT2D eigenvalue weighted by atomic mass is 10.1. The smallest absolute Gasteiger partial charge is 0.261 e. The fourth-order valence-electron chi connectivity index (χ4n) is 5.44. The van der Waals surface area contributed by atoms with Crippen LogP contribution in [0.4, 0.5) is 4.39 Å². The van der Waals surface area contributed by atoms with Gasteiger partial charge in [-0.3, -0.25) is 14.2 Å². The molecule has 2 fully saturated rings. The lowest BCUT2D eigenvalue weighted by Gasteiger charge is -2.14. The van der Waals surface area contributed by atoms with Crippen molar-refractivity contribution in [3.05, 3.63) is 100 Å². The molecule has 11 nitrogen and oxygen atoms in total. The van der Waals surface area contributed by atoms with Crippen molar-refractivity contribution in [2.45, 2.75) is 57.5 Å². The Balaban J connectivity index is 1.19. The van der Waals surface area contributed by atoms with Crippen LogP contribution in [0.25, 0.3) is 22.7 Å². The predicted octanol–water partition coefficient (Wildman–Crippen LogP) is 5.33. The summed E-state index contributed by atoms with van der Waals surface area (Å²) in [6.07, 6.45) is 5.12. The van der Waals surface area contributed by atoms with Gasteiger partial charge in [0, 0.05) is 48.3 Å². The van der Waals surface area contributed by atoms with Crippen LogP contribution >= 0.6 is 0 Å². The molecule has 5 aromatic rings. The van der Waals surface area contributed by atoms with Crippen molar-refractivity contribution in [2.75, 3.05) is 6.54 Å². The molecule has 2 aliphatic rings. The molecule has 7 rings (SSSR count). The lowest BCUT2D eigenvalue weighted by Crippen LogP contribution is -2.27. The first-order chi connectivity index (χ1) is 21.8. The third-order valence-electron chi connectivity index (χ3n) is 8.12. The van der Waals surface area contributed by atoms with E-state index in [0.29, 0.717) is 41.9 Å². The van der Waals surface area contributed by atoms with Gasteiger partial charge in [0.1, 0.15) is 17.3 Å². The number of rotatable bonds is 9. The van der Waals surface area contributed by atoms with Gasteiger partial charge in [-0.15, -0.1) is 0 Å². The van der Waals surface area contributed by atoms with Crippen molar-refractivity contribution in [2.24, 2.45) is 0 Å². The van der Waals surface area contributed by atoms with Gasteiger partial charge in [0.2, 0.25) is 5.91 Å². The molecule has 0 spiro atoms. The van der Waals surface area contributed by atoms with E-state index in [2.05, 4.69) is 39.2 Å². The van der Waals surface area contributed by atoms with Crippen molar-refractivity contribution in [3.63, 3.8) is 0 Å². The number of likely N-dealkylation sites (tertiary alicyclic amines) is 1. The predicted molar refractivity (Wildman–Crippen MR) is 161 cm³/mol.